The number of carbonyl (C=O) groups excluding carboxylic acids is 1. The van der Waals surface area contributed by atoms with Gasteiger partial charge in [-0.05, 0) is 12.8 Å². The Morgan fingerprint density at radius 3 is 1.11 bits per heavy atom. The van der Waals surface area contributed by atoms with E-state index in [0.29, 0.717) is 5.78 Å². The monoisotopic (exact) mass is 1050 g/mol. The number of halogens is 1. The van der Waals surface area contributed by atoms with Crippen LogP contribution in [0.25, 0.3) is 5.32 Å². The summed E-state index contributed by atoms with van der Waals surface area (Å²) in [5.41, 5.74) is 1.81. The molecule has 0 spiro atoms. The topological polar surface area (TPSA) is 120 Å². The van der Waals surface area contributed by atoms with Crippen molar-refractivity contribution >= 4 is 41.2 Å². The zero-order valence-corrected chi connectivity index (χ0v) is 35.5. The van der Waals surface area contributed by atoms with Crippen molar-refractivity contribution < 1.29 is 90.0 Å². The van der Waals surface area contributed by atoms with Gasteiger partial charge in [-0.2, -0.15) is 0 Å². The normalized spacial score (nSPS) is 14.1. The smallest absolute Gasteiger partial charge is 0.135 e. The van der Waals surface area contributed by atoms with Gasteiger partial charge in [-0.1, -0.05) is 51.9 Å². The average Bonchev–Trinajstić information content (AvgIpc) is 2.85. The Kier molecular flexibility index (Phi) is 112. The Balaban J connectivity index is -0.0000000293. The summed E-state index contributed by atoms with van der Waals surface area (Å²) in [6, 6.07) is 0. The van der Waals surface area contributed by atoms with E-state index in [2.05, 4.69) is 26.3 Å². The van der Waals surface area contributed by atoms with E-state index in [1.54, 1.807) is 0 Å². The van der Waals surface area contributed by atoms with E-state index in [0.717, 1.165) is 89.2 Å². The molecule has 3 aliphatic rings. The minimum Gasteiger partial charge on any atom is -0.662 e. The van der Waals surface area contributed by atoms with E-state index >= 15 is 0 Å². The number of rotatable bonds is 0. The van der Waals surface area contributed by atoms with Gasteiger partial charge in [-0.25, -0.2) is 0 Å². The van der Waals surface area contributed by atoms with Gasteiger partial charge in [0.15, 0.2) is 0 Å². The van der Waals surface area contributed by atoms with Crippen molar-refractivity contribution in [2.45, 2.75) is 80.1 Å². The number of nitrogens with zero attached hydrogens (tertiary/aromatic N) is 3. The second-order valence-electron chi connectivity index (χ2n) is 5.54. The maximum atomic E-state index is 10.4. The molecule has 0 atom stereocenters. The fourth-order valence-electron chi connectivity index (χ4n) is 2.27. The summed E-state index contributed by atoms with van der Waals surface area (Å²) in [5.74, 6) is 0.402. The van der Waals surface area contributed by atoms with Crippen LogP contribution in [-0.4, -0.2) is 66.9 Å². The molecule has 36 heavy (non-hydrogen) atoms. The molecule has 3 aliphatic heterocycles. The zero-order chi connectivity index (χ0) is 22.8. The summed E-state index contributed by atoms with van der Waals surface area (Å²) in [7, 11) is 0. The van der Waals surface area contributed by atoms with Gasteiger partial charge in [0.1, 0.15) is 5.78 Å². The van der Waals surface area contributed by atoms with E-state index < -0.39 is 0 Å². The van der Waals surface area contributed by atoms with Crippen LogP contribution >= 0.6 is 24.0 Å². The molecule has 8 nitrogen and oxygen atoms in total. The second-order valence-corrected chi connectivity index (χ2v) is 5.54. The molecule has 12 heteroatoms. The third-order valence-electron chi connectivity index (χ3n) is 3.74. The Hall–Kier alpha value is 1.70. The minimum absolute atomic E-state index is 0. The molecule has 0 aromatic heterocycles. The van der Waals surface area contributed by atoms with Crippen molar-refractivity contribution in [1.82, 2.24) is 10.6 Å². The molecule has 0 aromatic rings. The van der Waals surface area contributed by atoms with Gasteiger partial charge in [0, 0.05) is 127 Å². The number of nitrogens with one attached hydrogen (secondary N) is 2. The average molecular weight is 1050 g/mol. The van der Waals surface area contributed by atoms with Crippen molar-refractivity contribution in [2.24, 2.45) is 10.3 Å². The van der Waals surface area contributed by atoms with E-state index in [1.165, 1.54) is 0 Å². The fourth-order valence-corrected chi connectivity index (χ4v) is 2.27. The molecule has 0 aliphatic carbocycles. The largest absolute Gasteiger partial charge is 0.662 e. The molecule has 0 saturated carbocycles. The summed E-state index contributed by atoms with van der Waals surface area (Å²) in [4.78, 5) is 10.4. The van der Waals surface area contributed by atoms with Gasteiger partial charge in [0.25, 0.3) is 0 Å². The van der Waals surface area contributed by atoms with Crippen LogP contribution in [0.1, 0.15) is 80.1 Å². The third kappa shape index (κ3) is 48.7. The standard InChI is InChI=1S/C5H10N2O.C5H9N2O.C5H9NO.3C2H6.3CH3.HI.2W.Y/c2*8-7-5-1-3-6-4-2-5;7-5-1-3-6-4-2-5;3*1-2;;;;;;;/h6,8H,1-4H2;8H,1-4H2;6H,1-4H2;3*1-2H3;3*1H3;1H;;;/q;-1;;;;;3*-1;;;;. The van der Waals surface area contributed by atoms with Gasteiger partial charge in [0.2, 0.25) is 0 Å². The van der Waals surface area contributed by atoms with Gasteiger partial charge in [-0.3, -0.25) is 4.79 Å². The molecule has 0 bridgehead atoms. The number of Topliss-reactive ketones (excluding diaryl/α,β-unsaturated/α-hetero) is 1. The van der Waals surface area contributed by atoms with Crippen LogP contribution in [0.2, 0.25) is 0 Å². The first-order valence-corrected chi connectivity index (χ1v) is 11.2. The summed E-state index contributed by atoms with van der Waals surface area (Å²) < 4.78 is 0. The molecular weight excluding hydrogens is 990 g/mol. The summed E-state index contributed by atoms with van der Waals surface area (Å²) in [6.45, 7) is 17.4. The summed E-state index contributed by atoms with van der Waals surface area (Å²) >= 11 is 0. The number of oxime groups is 2. The van der Waals surface area contributed by atoms with Gasteiger partial charge < -0.3 is 48.6 Å². The number of ketones is 1. The SMILES string of the molecule is CC.CC.CC.I.O=C1CCNCC1.ON=C1CCNCC1.ON=C1CC[N-]CC1.[CH3-].[CH3-].[CH3-].[W].[W].[Y]. The summed E-state index contributed by atoms with van der Waals surface area (Å²) in [5, 5.41) is 33.1. The quantitative estimate of drug-likeness (QED) is 0.100. The van der Waals surface area contributed by atoms with E-state index in [1.807, 2.05) is 41.5 Å². The Morgan fingerprint density at radius 2 is 0.917 bits per heavy atom. The fraction of sp³-hybridized carbons (Fsp3) is 0.750. The Morgan fingerprint density at radius 1 is 0.639 bits per heavy atom. The molecule has 221 valence electrons. The van der Waals surface area contributed by atoms with Crippen LogP contribution in [0, 0.1) is 22.3 Å². The zero-order valence-electron chi connectivity index (χ0n) is 24.4. The Bertz CT molecular complexity index is 377. The number of piperidine rings is 3. The molecule has 0 aromatic carbocycles. The molecule has 3 rings (SSSR count). The first-order chi connectivity index (χ1) is 14.3. The van der Waals surface area contributed by atoms with Crippen LogP contribution in [0.5, 0.6) is 0 Å². The van der Waals surface area contributed by atoms with E-state index in [4.69, 9.17) is 10.4 Å². The number of carbonyl (C=O) groups is 1. The first-order valence-electron chi connectivity index (χ1n) is 11.2. The van der Waals surface area contributed by atoms with Crippen molar-refractivity contribution in [3.05, 3.63) is 27.6 Å². The second kappa shape index (κ2) is 61.0. The molecule has 0 unspecified atom stereocenters. The van der Waals surface area contributed by atoms with E-state index in [-0.39, 0.29) is 121 Å². The molecular formula is C24H56IN5O3W2Y-4. The van der Waals surface area contributed by atoms with Crippen molar-refractivity contribution in [3.8, 4) is 0 Å². The van der Waals surface area contributed by atoms with Gasteiger partial charge in [0.05, 0.1) is 11.4 Å². The molecule has 3 heterocycles. The first kappa shape index (κ1) is 66.2. The van der Waals surface area contributed by atoms with Crippen LogP contribution in [0.15, 0.2) is 10.3 Å². The number of hydrogen-bond donors (Lipinski definition) is 4. The minimum atomic E-state index is 0. The molecule has 3 saturated heterocycles. The van der Waals surface area contributed by atoms with Gasteiger partial charge >= 0.3 is 0 Å². The van der Waals surface area contributed by atoms with Crippen LogP contribution < -0.4 is 10.6 Å². The van der Waals surface area contributed by atoms with Gasteiger partial charge in [-0.15, -0.1) is 37.1 Å². The van der Waals surface area contributed by atoms with E-state index in [9.17, 15) is 4.79 Å². The molecule has 3 fully saturated rings. The van der Waals surface area contributed by atoms with Crippen molar-refractivity contribution in [1.29, 1.82) is 0 Å². The molecule has 0 amide bonds. The maximum absolute atomic E-state index is 10.4. The predicted molar refractivity (Wildman–Crippen MR) is 159 cm³/mol. The molecule has 1 radical (unpaired) electrons. The molecule has 4 N–H and O–H groups in total. The van der Waals surface area contributed by atoms with Crippen LogP contribution in [0.3, 0.4) is 0 Å². The number of hydrogen-bond acceptors (Lipinski definition) is 7. The third-order valence-corrected chi connectivity index (χ3v) is 3.74. The maximum Gasteiger partial charge on any atom is 0.135 e. The van der Waals surface area contributed by atoms with Crippen molar-refractivity contribution in [3.63, 3.8) is 0 Å². The van der Waals surface area contributed by atoms with Crippen molar-refractivity contribution in [2.75, 3.05) is 39.3 Å². The summed E-state index contributed by atoms with van der Waals surface area (Å²) in [6.07, 6.45) is 4.96. The van der Waals surface area contributed by atoms with Crippen LogP contribution in [-0.2, 0) is 79.6 Å². The predicted octanol–water partition coefficient (Wildman–Crippen LogP) is 6.16. The van der Waals surface area contributed by atoms with Crippen LogP contribution in [0.4, 0.5) is 0 Å². The Labute approximate surface area is 296 Å².